The van der Waals surface area contributed by atoms with Gasteiger partial charge in [0.2, 0.25) is 5.88 Å². The molecule has 4 nitrogen and oxygen atoms in total. The number of hydrogen-bond acceptors (Lipinski definition) is 5. The first-order chi connectivity index (χ1) is 9.17. The molecule has 0 saturated heterocycles. The summed E-state index contributed by atoms with van der Waals surface area (Å²) in [6.45, 7) is 4.00. The number of nitrogens with one attached hydrogen (secondary N) is 1. The first-order valence-corrected chi connectivity index (χ1v) is 8.24. The lowest BCUT2D eigenvalue weighted by Crippen LogP contribution is -2.27. The summed E-state index contributed by atoms with van der Waals surface area (Å²) in [5, 5.41) is 4.34. The quantitative estimate of drug-likeness (QED) is 0.897. The predicted molar refractivity (Wildman–Crippen MR) is 81.0 cm³/mol. The molecule has 0 radical (unpaired) electrons. The Morgan fingerprint density at radius 3 is 2.63 bits per heavy atom. The van der Waals surface area contributed by atoms with Crippen LogP contribution in [-0.2, 0) is 0 Å². The van der Waals surface area contributed by atoms with E-state index in [0.29, 0.717) is 11.9 Å². The Labute approximate surface area is 119 Å². The van der Waals surface area contributed by atoms with Crippen LogP contribution in [0, 0.1) is 0 Å². The van der Waals surface area contributed by atoms with Crippen LogP contribution >= 0.6 is 11.8 Å². The highest BCUT2D eigenvalue weighted by molar-refractivity contribution is 7.99. The van der Waals surface area contributed by atoms with Gasteiger partial charge in [0.05, 0.1) is 6.10 Å². The molecule has 0 aromatic carbocycles. The van der Waals surface area contributed by atoms with E-state index in [1.54, 1.807) is 6.33 Å². The number of nitrogens with zero attached hydrogens (tertiary/aromatic N) is 2. The molecule has 1 aromatic heterocycles. The Hall–Kier alpha value is -0.970. The molecule has 0 aliphatic heterocycles. The molecule has 1 N–H and O–H groups in total. The standard InChI is InChI=1S/C14H23N3OS/c1-10(2)18-14-8-13(15-9-16-14)17-11-4-6-12(19-3)7-5-11/h8-12H,4-7H2,1-3H3,(H,15,16,17). The summed E-state index contributed by atoms with van der Waals surface area (Å²) >= 11 is 1.99. The average Bonchev–Trinajstić information content (AvgIpc) is 2.39. The Morgan fingerprint density at radius 1 is 1.26 bits per heavy atom. The third-order valence-corrected chi connectivity index (χ3v) is 4.50. The maximum Gasteiger partial charge on any atom is 0.218 e. The fourth-order valence-electron chi connectivity index (χ4n) is 2.38. The van der Waals surface area contributed by atoms with Crippen molar-refractivity contribution in [3.05, 3.63) is 12.4 Å². The molecule has 0 spiro atoms. The zero-order chi connectivity index (χ0) is 13.7. The highest BCUT2D eigenvalue weighted by atomic mass is 32.2. The Kier molecular flexibility index (Phi) is 5.31. The van der Waals surface area contributed by atoms with E-state index in [1.165, 1.54) is 25.7 Å². The van der Waals surface area contributed by atoms with Crippen LogP contribution in [0.2, 0.25) is 0 Å². The van der Waals surface area contributed by atoms with E-state index in [0.717, 1.165) is 11.1 Å². The molecule has 0 atom stereocenters. The van der Waals surface area contributed by atoms with Crippen LogP contribution in [0.5, 0.6) is 5.88 Å². The van der Waals surface area contributed by atoms with Crippen molar-refractivity contribution in [2.24, 2.45) is 0 Å². The number of aromatic nitrogens is 2. The molecule has 1 aliphatic rings. The topological polar surface area (TPSA) is 47.0 Å². The van der Waals surface area contributed by atoms with E-state index in [9.17, 15) is 0 Å². The van der Waals surface area contributed by atoms with Crippen LogP contribution in [0.3, 0.4) is 0 Å². The third kappa shape index (κ3) is 4.56. The lowest BCUT2D eigenvalue weighted by atomic mass is 9.95. The van der Waals surface area contributed by atoms with Gasteiger partial charge in [-0.3, -0.25) is 0 Å². The van der Waals surface area contributed by atoms with Gasteiger partial charge in [-0.15, -0.1) is 0 Å². The van der Waals surface area contributed by atoms with Crippen molar-refractivity contribution >= 4 is 17.6 Å². The Balaban J connectivity index is 1.89. The second-order valence-electron chi connectivity index (χ2n) is 5.26. The monoisotopic (exact) mass is 281 g/mol. The summed E-state index contributed by atoms with van der Waals surface area (Å²) in [6, 6.07) is 2.42. The second-order valence-corrected chi connectivity index (χ2v) is 6.40. The molecule has 1 aliphatic carbocycles. The zero-order valence-electron chi connectivity index (χ0n) is 11.9. The first kappa shape index (κ1) is 14.4. The lowest BCUT2D eigenvalue weighted by Gasteiger charge is -2.28. The van der Waals surface area contributed by atoms with E-state index in [2.05, 4.69) is 21.5 Å². The van der Waals surface area contributed by atoms with Crippen LogP contribution in [-0.4, -0.2) is 33.6 Å². The maximum atomic E-state index is 5.58. The highest BCUT2D eigenvalue weighted by Gasteiger charge is 2.20. The van der Waals surface area contributed by atoms with E-state index < -0.39 is 0 Å². The lowest BCUT2D eigenvalue weighted by molar-refractivity contribution is 0.232. The zero-order valence-corrected chi connectivity index (χ0v) is 12.7. The fourth-order valence-corrected chi connectivity index (χ4v) is 3.12. The van der Waals surface area contributed by atoms with Crippen molar-refractivity contribution in [3.8, 4) is 5.88 Å². The van der Waals surface area contributed by atoms with Crippen molar-refractivity contribution in [3.63, 3.8) is 0 Å². The van der Waals surface area contributed by atoms with E-state index >= 15 is 0 Å². The number of rotatable bonds is 5. The Bertz CT molecular complexity index is 392. The van der Waals surface area contributed by atoms with Crippen molar-refractivity contribution in [2.45, 2.75) is 56.9 Å². The van der Waals surface area contributed by atoms with Crippen molar-refractivity contribution in [1.29, 1.82) is 0 Å². The van der Waals surface area contributed by atoms with Crippen molar-refractivity contribution in [2.75, 3.05) is 11.6 Å². The smallest absolute Gasteiger partial charge is 0.218 e. The number of anilines is 1. The molecule has 0 amide bonds. The third-order valence-electron chi connectivity index (χ3n) is 3.36. The normalized spacial score (nSPS) is 23.4. The molecule has 0 bridgehead atoms. The van der Waals surface area contributed by atoms with Crippen LogP contribution in [0.1, 0.15) is 39.5 Å². The van der Waals surface area contributed by atoms with Gasteiger partial charge in [0.25, 0.3) is 0 Å². The molecule has 1 fully saturated rings. The summed E-state index contributed by atoms with van der Waals surface area (Å²) < 4.78 is 5.58. The number of thioether (sulfide) groups is 1. The van der Waals surface area contributed by atoms with Crippen molar-refractivity contribution < 1.29 is 4.74 Å². The number of ether oxygens (including phenoxy) is 1. The molecule has 1 aromatic rings. The van der Waals surface area contributed by atoms with Gasteiger partial charge < -0.3 is 10.1 Å². The fraction of sp³-hybridized carbons (Fsp3) is 0.714. The largest absolute Gasteiger partial charge is 0.475 e. The van der Waals surface area contributed by atoms with Crippen LogP contribution in [0.4, 0.5) is 5.82 Å². The van der Waals surface area contributed by atoms with Gasteiger partial charge in [0, 0.05) is 17.4 Å². The van der Waals surface area contributed by atoms with Gasteiger partial charge in [-0.25, -0.2) is 9.97 Å². The van der Waals surface area contributed by atoms with Gasteiger partial charge in [-0.1, -0.05) is 0 Å². The van der Waals surface area contributed by atoms with Gasteiger partial charge in [-0.05, 0) is 45.8 Å². The molecular weight excluding hydrogens is 258 g/mol. The molecule has 0 unspecified atom stereocenters. The summed E-state index contributed by atoms with van der Waals surface area (Å²) in [4.78, 5) is 8.39. The van der Waals surface area contributed by atoms with Gasteiger partial charge in [0.15, 0.2) is 0 Å². The number of hydrogen-bond donors (Lipinski definition) is 1. The van der Waals surface area contributed by atoms with Crippen molar-refractivity contribution in [1.82, 2.24) is 9.97 Å². The molecular formula is C14H23N3OS. The molecule has 19 heavy (non-hydrogen) atoms. The molecule has 5 heteroatoms. The SMILES string of the molecule is CSC1CCC(Nc2cc(OC(C)C)ncn2)CC1. The van der Waals surface area contributed by atoms with Crippen LogP contribution < -0.4 is 10.1 Å². The van der Waals surface area contributed by atoms with Crippen LogP contribution in [0.15, 0.2) is 12.4 Å². The minimum absolute atomic E-state index is 0.139. The van der Waals surface area contributed by atoms with Crippen LogP contribution in [0.25, 0.3) is 0 Å². The van der Waals surface area contributed by atoms with Gasteiger partial charge in [0.1, 0.15) is 12.1 Å². The minimum atomic E-state index is 0.139. The summed E-state index contributed by atoms with van der Waals surface area (Å²) in [6.07, 6.45) is 8.93. The second kappa shape index (κ2) is 6.98. The van der Waals surface area contributed by atoms with Gasteiger partial charge in [-0.2, -0.15) is 11.8 Å². The van der Waals surface area contributed by atoms with Gasteiger partial charge >= 0.3 is 0 Å². The molecule has 1 saturated carbocycles. The molecule has 1 heterocycles. The Morgan fingerprint density at radius 2 is 2.00 bits per heavy atom. The van der Waals surface area contributed by atoms with E-state index in [-0.39, 0.29) is 6.10 Å². The highest BCUT2D eigenvalue weighted by Crippen LogP contribution is 2.28. The molecule has 2 rings (SSSR count). The summed E-state index contributed by atoms with van der Waals surface area (Å²) in [5.74, 6) is 1.52. The van der Waals surface area contributed by atoms with E-state index in [4.69, 9.17) is 4.74 Å². The first-order valence-electron chi connectivity index (χ1n) is 6.95. The maximum absolute atomic E-state index is 5.58. The summed E-state index contributed by atoms with van der Waals surface area (Å²) in [7, 11) is 0. The summed E-state index contributed by atoms with van der Waals surface area (Å²) in [5.41, 5.74) is 0. The predicted octanol–water partition coefficient (Wildman–Crippen LogP) is 3.35. The van der Waals surface area contributed by atoms with E-state index in [1.807, 2.05) is 31.7 Å². The minimum Gasteiger partial charge on any atom is -0.475 e. The molecule has 106 valence electrons. The average molecular weight is 281 g/mol.